The van der Waals surface area contributed by atoms with E-state index in [0.29, 0.717) is 25.9 Å². The van der Waals surface area contributed by atoms with Crippen LogP contribution in [0.15, 0.2) is 24.3 Å². The summed E-state index contributed by atoms with van der Waals surface area (Å²) in [6.45, 7) is 3.10. The van der Waals surface area contributed by atoms with Crippen molar-refractivity contribution in [1.82, 2.24) is 4.81 Å². The van der Waals surface area contributed by atoms with E-state index >= 15 is 0 Å². The molecule has 0 unspecified atom stereocenters. The lowest BCUT2D eigenvalue weighted by molar-refractivity contribution is 0.253. The van der Waals surface area contributed by atoms with Crippen LogP contribution in [0, 0.1) is 17.1 Å². The van der Waals surface area contributed by atoms with Crippen molar-refractivity contribution in [1.29, 1.82) is 5.26 Å². The third-order valence-electron chi connectivity index (χ3n) is 3.79. The summed E-state index contributed by atoms with van der Waals surface area (Å²) in [4.78, 5) is 1.94. The van der Waals surface area contributed by atoms with Gasteiger partial charge in [0, 0.05) is 0 Å². The Labute approximate surface area is 107 Å². The largest absolute Gasteiger partial charge is 0.437 e. The Bertz CT molecular complexity index is 447. The van der Waals surface area contributed by atoms with E-state index in [-0.39, 0.29) is 5.82 Å². The van der Waals surface area contributed by atoms with Crippen molar-refractivity contribution in [2.75, 3.05) is 13.1 Å². The van der Waals surface area contributed by atoms with Gasteiger partial charge in [0.25, 0.3) is 0 Å². The van der Waals surface area contributed by atoms with E-state index < -0.39 is 12.5 Å². The minimum Gasteiger partial charge on any atom is -0.437 e. The van der Waals surface area contributed by atoms with Crippen LogP contribution in [0.5, 0.6) is 0 Å². The Morgan fingerprint density at radius 3 is 2.33 bits per heavy atom. The van der Waals surface area contributed by atoms with Gasteiger partial charge in [0.05, 0.1) is 11.5 Å². The molecule has 0 radical (unpaired) electrons. The minimum absolute atomic E-state index is 0.284. The first-order valence-corrected chi connectivity index (χ1v) is 6.17. The van der Waals surface area contributed by atoms with Crippen molar-refractivity contribution >= 4 is 7.05 Å². The molecule has 0 aromatic heterocycles. The average Bonchev–Trinajstić information content (AvgIpc) is 2.39. The van der Waals surface area contributed by atoms with Gasteiger partial charge in [0.1, 0.15) is 5.82 Å². The summed E-state index contributed by atoms with van der Waals surface area (Å²) in [6, 6.07) is 8.56. The number of benzene rings is 1. The summed E-state index contributed by atoms with van der Waals surface area (Å²) >= 11 is 0. The van der Waals surface area contributed by atoms with Crippen LogP contribution in [0.2, 0.25) is 6.82 Å². The van der Waals surface area contributed by atoms with Gasteiger partial charge in [-0.05, 0) is 50.5 Å². The van der Waals surface area contributed by atoms with Crippen LogP contribution in [-0.2, 0) is 5.41 Å². The van der Waals surface area contributed by atoms with Crippen LogP contribution >= 0.6 is 0 Å². The Kier molecular flexibility index (Phi) is 3.69. The Hall–Kier alpha value is -1.38. The highest BCUT2D eigenvalue weighted by Gasteiger charge is 2.37. The molecule has 0 amide bonds. The second-order valence-electron chi connectivity index (χ2n) is 4.87. The first kappa shape index (κ1) is 13.1. The Balaban J connectivity index is 2.19. The van der Waals surface area contributed by atoms with E-state index in [4.69, 9.17) is 0 Å². The molecule has 1 aliphatic rings. The molecule has 18 heavy (non-hydrogen) atoms. The SMILES string of the molecule is CB(O)N1CCC(C#N)(c2ccc(F)cc2)CC1. The predicted octanol–water partition coefficient (Wildman–Crippen LogP) is 1.79. The molecule has 0 bridgehead atoms. The maximum absolute atomic E-state index is 12.9. The van der Waals surface area contributed by atoms with Crippen LogP contribution in [0.3, 0.4) is 0 Å². The van der Waals surface area contributed by atoms with Crippen molar-refractivity contribution in [3.8, 4) is 6.07 Å². The molecule has 0 spiro atoms. The monoisotopic (exact) mass is 246 g/mol. The number of nitrogens with zero attached hydrogens (tertiary/aromatic N) is 2. The van der Waals surface area contributed by atoms with Gasteiger partial charge in [-0.1, -0.05) is 12.1 Å². The summed E-state index contributed by atoms with van der Waals surface area (Å²) in [5, 5.41) is 19.0. The van der Waals surface area contributed by atoms with Gasteiger partial charge in [-0.3, -0.25) is 0 Å². The Morgan fingerprint density at radius 2 is 1.89 bits per heavy atom. The normalized spacial score (nSPS) is 19.2. The smallest absolute Gasteiger partial charge is 0.376 e. The van der Waals surface area contributed by atoms with Crippen LogP contribution in [0.4, 0.5) is 4.39 Å². The number of hydrogen-bond donors (Lipinski definition) is 1. The highest BCUT2D eigenvalue weighted by molar-refractivity contribution is 6.45. The Morgan fingerprint density at radius 1 is 1.33 bits per heavy atom. The van der Waals surface area contributed by atoms with Crippen molar-refractivity contribution < 1.29 is 9.41 Å². The van der Waals surface area contributed by atoms with Crippen molar-refractivity contribution in [2.45, 2.75) is 25.1 Å². The third-order valence-corrected chi connectivity index (χ3v) is 3.79. The molecule has 2 rings (SSSR count). The number of halogens is 1. The van der Waals surface area contributed by atoms with Gasteiger partial charge in [-0.2, -0.15) is 5.26 Å². The summed E-state index contributed by atoms with van der Waals surface area (Å²) < 4.78 is 12.9. The molecule has 0 aliphatic carbocycles. The molecule has 1 fully saturated rings. The molecule has 3 nitrogen and oxygen atoms in total. The third kappa shape index (κ3) is 2.40. The fourth-order valence-electron chi connectivity index (χ4n) is 2.51. The quantitative estimate of drug-likeness (QED) is 0.809. The minimum atomic E-state index is -0.543. The van der Waals surface area contributed by atoms with Gasteiger partial charge in [-0.25, -0.2) is 4.39 Å². The van der Waals surface area contributed by atoms with Crippen molar-refractivity contribution in [3.63, 3.8) is 0 Å². The molecular weight excluding hydrogens is 230 g/mol. The number of hydrogen-bond acceptors (Lipinski definition) is 3. The van der Waals surface area contributed by atoms with E-state index in [9.17, 15) is 14.7 Å². The first-order valence-electron chi connectivity index (χ1n) is 6.17. The van der Waals surface area contributed by atoms with Crippen molar-refractivity contribution in [3.05, 3.63) is 35.6 Å². The molecule has 94 valence electrons. The van der Waals surface area contributed by atoms with E-state index in [0.717, 1.165) is 5.56 Å². The summed E-state index contributed by atoms with van der Waals surface area (Å²) in [5.41, 5.74) is 0.329. The van der Waals surface area contributed by atoms with Crippen molar-refractivity contribution in [2.24, 2.45) is 0 Å². The van der Waals surface area contributed by atoms with Crippen LogP contribution in [0.25, 0.3) is 0 Å². The predicted molar refractivity (Wildman–Crippen MR) is 68.3 cm³/mol. The summed E-state index contributed by atoms with van der Waals surface area (Å²) in [6.07, 6.45) is 1.33. The lowest BCUT2D eigenvalue weighted by Crippen LogP contribution is -2.47. The van der Waals surface area contributed by atoms with E-state index in [2.05, 4.69) is 6.07 Å². The molecule has 0 saturated carbocycles. The van der Waals surface area contributed by atoms with Crippen LogP contribution in [0.1, 0.15) is 18.4 Å². The fourth-order valence-corrected chi connectivity index (χ4v) is 2.51. The van der Waals surface area contributed by atoms with Crippen LogP contribution < -0.4 is 0 Å². The fraction of sp³-hybridized carbons (Fsp3) is 0.462. The van der Waals surface area contributed by atoms with Gasteiger partial charge in [0.2, 0.25) is 0 Å². The lowest BCUT2D eigenvalue weighted by atomic mass is 9.71. The maximum atomic E-state index is 12.9. The first-order chi connectivity index (χ1) is 8.57. The molecule has 1 aromatic carbocycles. The molecule has 1 aromatic rings. The highest BCUT2D eigenvalue weighted by Crippen LogP contribution is 2.35. The second-order valence-corrected chi connectivity index (χ2v) is 4.87. The molecule has 1 saturated heterocycles. The number of piperidine rings is 1. The topological polar surface area (TPSA) is 47.3 Å². The maximum Gasteiger partial charge on any atom is 0.376 e. The molecule has 5 heteroatoms. The second kappa shape index (κ2) is 5.09. The number of rotatable bonds is 2. The average molecular weight is 246 g/mol. The van der Waals surface area contributed by atoms with E-state index in [1.54, 1.807) is 19.0 Å². The van der Waals surface area contributed by atoms with Gasteiger partial charge < -0.3 is 9.83 Å². The van der Waals surface area contributed by atoms with Gasteiger partial charge in [-0.15, -0.1) is 0 Å². The van der Waals surface area contributed by atoms with Gasteiger partial charge in [0.15, 0.2) is 0 Å². The molecule has 1 N–H and O–H groups in total. The molecule has 1 aliphatic heterocycles. The lowest BCUT2D eigenvalue weighted by Gasteiger charge is -2.38. The molecular formula is C13H16BFN2O. The van der Waals surface area contributed by atoms with E-state index in [1.165, 1.54) is 12.1 Å². The highest BCUT2D eigenvalue weighted by atomic mass is 19.1. The number of nitriles is 1. The zero-order valence-electron chi connectivity index (χ0n) is 10.4. The van der Waals surface area contributed by atoms with E-state index in [1.807, 2.05) is 4.81 Å². The van der Waals surface area contributed by atoms with Crippen LogP contribution in [-0.4, -0.2) is 30.0 Å². The summed E-state index contributed by atoms with van der Waals surface area (Å²) in [7, 11) is -0.477. The summed E-state index contributed by atoms with van der Waals surface area (Å²) in [5.74, 6) is -0.284. The zero-order valence-corrected chi connectivity index (χ0v) is 10.4. The zero-order chi connectivity index (χ0) is 13.2. The van der Waals surface area contributed by atoms with Gasteiger partial charge >= 0.3 is 7.05 Å². The molecule has 1 heterocycles. The standard InChI is InChI=1S/C13H16BFN2O/c1-14(18)17-8-6-13(10-16,7-9-17)11-2-4-12(15)5-3-11/h2-5,18H,6-9H2,1H3. The molecule has 0 atom stereocenters.